The van der Waals surface area contributed by atoms with Gasteiger partial charge >= 0.3 is 0 Å². The Labute approximate surface area is 154 Å². The summed E-state index contributed by atoms with van der Waals surface area (Å²) in [6, 6.07) is 10.4. The Morgan fingerprint density at radius 1 is 0.923 bits per heavy atom. The number of hydrogen-bond acceptors (Lipinski definition) is 5. The third-order valence-corrected chi connectivity index (χ3v) is 6.03. The predicted octanol–water partition coefficient (Wildman–Crippen LogP) is 2.66. The minimum atomic E-state index is -3.96. The van der Waals surface area contributed by atoms with Gasteiger partial charge in [-0.05, 0) is 43.7 Å². The van der Waals surface area contributed by atoms with Crippen molar-refractivity contribution in [3.05, 3.63) is 48.0 Å². The lowest BCUT2D eigenvalue weighted by Gasteiger charge is -2.15. The molecule has 2 aromatic rings. The average Bonchev–Trinajstić information content (AvgIpc) is 2.55. The van der Waals surface area contributed by atoms with Crippen molar-refractivity contribution in [1.29, 1.82) is 0 Å². The maximum absolute atomic E-state index is 12.6. The summed E-state index contributed by atoms with van der Waals surface area (Å²) >= 11 is 0. The van der Waals surface area contributed by atoms with Gasteiger partial charge < -0.3 is 5.32 Å². The van der Waals surface area contributed by atoms with E-state index in [9.17, 15) is 16.8 Å². The SMILES string of the molecule is CCCCNc1ccc(S(N)(=O)=O)cc1NS(=O)(=O)c1ccc(C)cc1. The summed E-state index contributed by atoms with van der Waals surface area (Å²) in [5, 5.41) is 8.28. The molecule has 9 heteroatoms. The van der Waals surface area contributed by atoms with Crippen LogP contribution in [0.3, 0.4) is 0 Å². The van der Waals surface area contributed by atoms with Crippen molar-refractivity contribution >= 4 is 31.4 Å². The van der Waals surface area contributed by atoms with Gasteiger partial charge in [0.1, 0.15) is 0 Å². The minimum absolute atomic E-state index is 0.0867. The molecule has 0 radical (unpaired) electrons. The molecule has 0 saturated carbocycles. The average molecular weight is 398 g/mol. The molecular weight excluding hydrogens is 374 g/mol. The van der Waals surface area contributed by atoms with Crippen LogP contribution < -0.4 is 15.2 Å². The lowest BCUT2D eigenvalue weighted by Crippen LogP contribution is -2.17. The zero-order chi connectivity index (χ0) is 19.4. The first-order valence-electron chi connectivity index (χ1n) is 8.13. The number of nitrogens with one attached hydrogen (secondary N) is 2. The molecule has 0 heterocycles. The number of benzene rings is 2. The number of hydrogen-bond donors (Lipinski definition) is 3. The molecule has 0 spiro atoms. The van der Waals surface area contributed by atoms with Crippen LogP contribution in [0, 0.1) is 6.92 Å². The first kappa shape index (κ1) is 20.2. The van der Waals surface area contributed by atoms with Crippen LogP contribution in [0.15, 0.2) is 52.3 Å². The van der Waals surface area contributed by atoms with Gasteiger partial charge in [-0.15, -0.1) is 0 Å². The molecule has 0 amide bonds. The normalized spacial score (nSPS) is 12.0. The van der Waals surface area contributed by atoms with E-state index in [1.165, 1.54) is 30.3 Å². The molecule has 0 unspecified atom stereocenters. The highest BCUT2D eigenvalue weighted by Crippen LogP contribution is 2.28. The van der Waals surface area contributed by atoms with Crippen LogP contribution in [0.4, 0.5) is 11.4 Å². The number of aryl methyl sites for hydroxylation is 1. The lowest BCUT2D eigenvalue weighted by molar-refractivity contribution is 0.596. The summed E-state index contributed by atoms with van der Waals surface area (Å²) in [6.07, 6.45) is 1.85. The third-order valence-electron chi connectivity index (χ3n) is 3.74. The Kier molecular flexibility index (Phi) is 6.27. The number of unbranched alkanes of at least 4 members (excludes halogenated alkanes) is 1. The molecule has 0 aliphatic heterocycles. The fourth-order valence-corrected chi connectivity index (χ4v) is 3.87. The summed E-state index contributed by atoms with van der Waals surface area (Å²) in [5.74, 6) is 0. The highest BCUT2D eigenvalue weighted by atomic mass is 32.2. The molecule has 142 valence electrons. The molecule has 0 atom stereocenters. The van der Waals surface area contributed by atoms with E-state index in [4.69, 9.17) is 5.14 Å². The van der Waals surface area contributed by atoms with Crippen molar-refractivity contribution in [1.82, 2.24) is 0 Å². The largest absolute Gasteiger partial charge is 0.383 e. The van der Waals surface area contributed by atoms with E-state index in [0.717, 1.165) is 18.4 Å². The summed E-state index contributed by atoms with van der Waals surface area (Å²) < 4.78 is 50.9. The van der Waals surface area contributed by atoms with E-state index in [-0.39, 0.29) is 15.5 Å². The standard InChI is InChI=1S/C17H23N3O4S2/c1-3-4-11-19-16-10-9-15(25(18,21)22)12-17(16)20-26(23,24)14-7-5-13(2)6-8-14/h5-10,12,19-20H,3-4,11H2,1-2H3,(H2,18,21,22). The molecule has 26 heavy (non-hydrogen) atoms. The van der Waals surface area contributed by atoms with Gasteiger partial charge in [0.05, 0.1) is 21.2 Å². The third kappa shape index (κ3) is 5.20. The van der Waals surface area contributed by atoms with Crippen molar-refractivity contribution in [2.24, 2.45) is 5.14 Å². The lowest BCUT2D eigenvalue weighted by atomic mass is 10.2. The van der Waals surface area contributed by atoms with E-state index in [0.29, 0.717) is 12.2 Å². The molecule has 7 nitrogen and oxygen atoms in total. The highest BCUT2D eigenvalue weighted by Gasteiger charge is 2.18. The summed E-state index contributed by atoms with van der Waals surface area (Å²) in [6.45, 7) is 4.52. The Bertz CT molecular complexity index is 970. The maximum atomic E-state index is 12.6. The van der Waals surface area contributed by atoms with Crippen LogP contribution in [0.1, 0.15) is 25.3 Å². The zero-order valence-corrected chi connectivity index (χ0v) is 16.3. The topological polar surface area (TPSA) is 118 Å². The Morgan fingerprint density at radius 2 is 1.54 bits per heavy atom. The number of sulfonamides is 2. The number of nitrogens with two attached hydrogens (primary N) is 1. The van der Waals surface area contributed by atoms with E-state index >= 15 is 0 Å². The van der Waals surface area contributed by atoms with Gasteiger partial charge in [-0.3, -0.25) is 4.72 Å². The van der Waals surface area contributed by atoms with Crippen LogP contribution in [0.2, 0.25) is 0 Å². The van der Waals surface area contributed by atoms with Crippen LogP contribution in [-0.2, 0) is 20.0 Å². The summed E-state index contributed by atoms with van der Waals surface area (Å²) in [4.78, 5) is -0.0798. The number of primary sulfonamides is 1. The molecule has 0 bridgehead atoms. The Hall–Kier alpha value is -2.10. The van der Waals surface area contributed by atoms with Crippen LogP contribution in [0.25, 0.3) is 0 Å². The monoisotopic (exact) mass is 397 g/mol. The van der Waals surface area contributed by atoms with Crippen molar-refractivity contribution in [3.63, 3.8) is 0 Å². The van der Waals surface area contributed by atoms with E-state index in [1.807, 2.05) is 13.8 Å². The second kappa shape index (κ2) is 8.07. The second-order valence-electron chi connectivity index (χ2n) is 5.95. The number of anilines is 2. The van der Waals surface area contributed by atoms with Crippen molar-refractivity contribution in [2.45, 2.75) is 36.5 Å². The van der Waals surface area contributed by atoms with Gasteiger partial charge in [-0.1, -0.05) is 31.0 Å². The maximum Gasteiger partial charge on any atom is 0.261 e. The first-order valence-corrected chi connectivity index (χ1v) is 11.2. The smallest absolute Gasteiger partial charge is 0.261 e. The Balaban J connectivity index is 2.42. The summed E-state index contributed by atoms with van der Waals surface area (Å²) in [5.41, 5.74) is 1.55. The van der Waals surface area contributed by atoms with Gasteiger partial charge in [0, 0.05) is 6.54 Å². The van der Waals surface area contributed by atoms with Crippen LogP contribution in [-0.4, -0.2) is 23.4 Å². The van der Waals surface area contributed by atoms with Crippen LogP contribution >= 0.6 is 0 Å². The summed E-state index contributed by atoms with van der Waals surface area (Å²) in [7, 11) is -7.83. The Morgan fingerprint density at radius 3 is 2.12 bits per heavy atom. The molecule has 0 aliphatic carbocycles. The molecule has 2 rings (SSSR count). The van der Waals surface area contributed by atoms with E-state index in [1.54, 1.807) is 12.1 Å². The molecule has 0 aliphatic rings. The fraction of sp³-hybridized carbons (Fsp3) is 0.294. The molecule has 4 N–H and O–H groups in total. The minimum Gasteiger partial charge on any atom is -0.383 e. The van der Waals surface area contributed by atoms with Crippen molar-refractivity contribution in [2.75, 3.05) is 16.6 Å². The molecule has 2 aromatic carbocycles. The quantitative estimate of drug-likeness (QED) is 0.592. The molecule has 0 fully saturated rings. The number of rotatable bonds is 8. The molecule has 0 saturated heterocycles. The first-order chi connectivity index (χ1) is 12.1. The van der Waals surface area contributed by atoms with Gasteiger partial charge in [0.2, 0.25) is 10.0 Å². The molecular formula is C17H23N3O4S2. The second-order valence-corrected chi connectivity index (χ2v) is 9.20. The van der Waals surface area contributed by atoms with Crippen molar-refractivity contribution < 1.29 is 16.8 Å². The zero-order valence-electron chi connectivity index (χ0n) is 14.7. The fourth-order valence-electron chi connectivity index (χ4n) is 2.26. The van der Waals surface area contributed by atoms with Gasteiger partial charge in [-0.25, -0.2) is 22.0 Å². The molecule has 0 aromatic heterocycles. The predicted molar refractivity (Wildman–Crippen MR) is 103 cm³/mol. The van der Waals surface area contributed by atoms with Gasteiger partial charge in [0.25, 0.3) is 10.0 Å². The van der Waals surface area contributed by atoms with Crippen LogP contribution in [0.5, 0.6) is 0 Å². The van der Waals surface area contributed by atoms with E-state index in [2.05, 4.69) is 10.0 Å². The van der Waals surface area contributed by atoms with Crippen molar-refractivity contribution in [3.8, 4) is 0 Å². The van der Waals surface area contributed by atoms with Gasteiger partial charge in [-0.2, -0.15) is 0 Å². The highest BCUT2D eigenvalue weighted by molar-refractivity contribution is 7.92. The van der Waals surface area contributed by atoms with Gasteiger partial charge in [0.15, 0.2) is 0 Å². The van der Waals surface area contributed by atoms with E-state index < -0.39 is 20.0 Å².